The van der Waals surface area contributed by atoms with Crippen LogP contribution in [0.4, 0.5) is 0 Å². The fraction of sp³-hybridized carbons (Fsp3) is 0.857. The number of likely N-dealkylation sites (tertiary alicyclic amines) is 1. The van der Waals surface area contributed by atoms with Crippen molar-refractivity contribution in [1.82, 2.24) is 19.7 Å². The molecule has 2 aliphatic heterocycles. The Morgan fingerprint density at radius 2 is 2.11 bits per heavy atom. The molecule has 2 atom stereocenters. The van der Waals surface area contributed by atoms with E-state index in [-0.39, 0.29) is 6.04 Å². The normalized spacial score (nSPS) is 28.3. The van der Waals surface area contributed by atoms with E-state index in [1.54, 1.807) is 0 Å². The second kappa shape index (κ2) is 5.59. The highest BCUT2D eigenvalue weighted by Crippen LogP contribution is 2.21. The average molecular weight is 263 g/mol. The molecule has 2 N–H and O–H groups in total. The van der Waals surface area contributed by atoms with Gasteiger partial charge < -0.3 is 15.2 Å². The maximum absolute atomic E-state index is 6.00. The maximum atomic E-state index is 6.00. The second-order valence-corrected chi connectivity index (χ2v) is 5.92. The molecule has 1 fully saturated rings. The van der Waals surface area contributed by atoms with Crippen molar-refractivity contribution >= 4 is 0 Å². The molecule has 2 aliphatic rings. The Morgan fingerprint density at radius 3 is 2.95 bits per heavy atom. The first-order valence-corrected chi connectivity index (χ1v) is 7.68. The zero-order valence-electron chi connectivity index (χ0n) is 11.9. The quantitative estimate of drug-likeness (QED) is 0.883. The molecule has 0 radical (unpaired) electrons. The van der Waals surface area contributed by atoms with Crippen molar-refractivity contribution in [2.45, 2.75) is 64.1 Å². The first-order chi connectivity index (χ1) is 9.28. The van der Waals surface area contributed by atoms with E-state index in [0.717, 1.165) is 38.2 Å². The van der Waals surface area contributed by atoms with Gasteiger partial charge in [0.1, 0.15) is 11.6 Å². The molecule has 0 spiro atoms. The number of rotatable bonds is 3. The molecule has 3 heterocycles. The second-order valence-electron chi connectivity index (χ2n) is 5.92. The average Bonchev–Trinajstić information content (AvgIpc) is 2.82. The minimum Gasteiger partial charge on any atom is -0.327 e. The summed E-state index contributed by atoms with van der Waals surface area (Å²) in [5, 5.41) is 8.76. The van der Waals surface area contributed by atoms with E-state index < -0.39 is 0 Å². The van der Waals surface area contributed by atoms with Crippen LogP contribution in [0, 0.1) is 0 Å². The highest BCUT2D eigenvalue weighted by molar-refractivity contribution is 5.03. The molecular weight excluding hydrogens is 238 g/mol. The first kappa shape index (κ1) is 13.1. The van der Waals surface area contributed by atoms with Crippen molar-refractivity contribution in [3.8, 4) is 0 Å². The molecule has 19 heavy (non-hydrogen) atoms. The van der Waals surface area contributed by atoms with Gasteiger partial charge in [-0.3, -0.25) is 0 Å². The van der Waals surface area contributed by atoms with Crippen LogP contribution in [-0.4, -0.2) is 44.8 Å². The third-order valence-electron chi connectivity index (χ3n) is 4.65. The number of piperidine rings is 1. The molecule has 1 saturated heterocycles. The van der Waals surface area contributed by atoms with Gasteiger partial charge in [0.25, 0.3) is 0 Å². The Balaban J connectivity index is 1.73. The topological polar surface area (TPSA) is 60.0 Å². The zero-order valence-corrected chi connectivity index (χ0v) is 11.9. The third kappa shape index (κ3) is 2.67. The SMILES string of the molecule is CCN1CCCCC1Cc1nnc2n1CCC(N)C2. The highest BCUT2D eigenvalue weighted by Gasteiger charge is 2.26. The summed E-state index contributed by atoms with van der Waals surface area (Å²) in [6.45, 7) is 5.65. The summed E-state index contributed by atoms with van der Waals surface area (Å²) < 4.78 is 2.31. The standard InChI is InChI=1S/C14H25N5/c1-2-18-7-4-3-5-12(18)10-14-17-16-13-9-11(15)6-8-19(13)14/h11-12H,2-10,15H2,1H3. The Kier molecular flexibility index (Phi) is 3.84. The Labute approximate surface area is 115 Å². The van der Waals surface area contributed by atoms with E-state index >= 15 is 0 Å². The lowest BCUT2D eigenvalue weighted by Crippen LogP contribution is -2.41. The van der Waals surface area contributed by atoms with E-state index in [1.165, 1.54) is 31.6 Å². The highest BCUT2D eigenvalue weighted by atomic mass is 15.3. The van der Waals surface area contributed by atoms with E-state index in [4.69, 9.17) is 5.73 Å². The summed E-state index contributed by atoms with van der Waals surface area (Å²) in [7, 11) is 0. The van der Waals surface area contributed by atoms with Crippen LogP contribution in [0.3, 0.4) is 0 Å². The molecule has 3 rings (SSSR count). The van der Waals surface area contributed by atoms with Crippen molar-refractivity contribution in [3.63, 3.8) is 0 Å². The molecule has 106 valence electrons. The number of nitrogens with zero attached hydrogens (tertiary/aromatic N) is 4. The van der Waals surface area contributed by atoms with Crippen molar-refractivity contribution in [1.29, 1.82) is 0 Å². The van der Waals surface area contributed by atoms with Gasteiger partial charge in [-0.1, -0.05) is 13.3 Å². The summed E-state index contributed by atoms with van der Waals surface area (Å²) in [4.78, 5) is 2.60. The largest absolute Gasteiger partial charge is 0.327 e. The lowest BCUT2D eigenvalue weighted by Gasteiger charge is -2.34. The van der Waals surface area contributed by atoms with Crippen LogP contribution in [0.5, 0.6) is 0 Å². The number of aromatic nitrogens is 3. The van der Waals surface area contributed by atoms with Crippen LogP contribution < -0.4 is 5.73 Å². The molecule has 1 aromatic rings. The third-order valence-corrected chi connectivity index (χ3v) is 4.65. The van der Waals surface area contributed by atoms with Crippen LogP contribution in [-0.2, 0) is 19.4 Å². The van der Waals surface area contributed by atoms with Gasteiger partial charge in [-0.2, -0.15) is 0 Å². The molecule has 2 unspecified atom stereocenters. The molecule has 5 heteroatoms. The summed E-state index contributed by atoms with van der Waals surface area (Å²) in [5.74, 6) is 2.26. The van der Waals surface area contributed by atoms with Gasteiger partial charge in [0.05, 0.1) is 0 Å². The summed E-state index contributed by atoms with van der Waals surface area (Å²) in [6.07, 6.45) is 6.99. The van der Waals surface area contributed by atoms with Gasteiger partial charge in [0.2, 0.25) is 0 Å². The molecule has 1 aromatic heterocycles. The predicted octanol–water partition coefficient (Wildman–Crippen LogP) is 0.969. The van der Waals surface area contributed by atoms with Gasteiger partial charge in [0.15, 0.2) is 0 Å². The van der Waals surface area contributed by atoms with Crippen LogP contribution in [0.2, 0.25) is 0 Å². The molecule has 0 aliphatic carbocycles. The number of fused-ring (bicyclic) bond motifs is 1. The first-order valence-electron chi connectivity index (χ1n) is 7.68. The minimum atomic E-state index is 0.270. The van der Waals surface area contributed by atoms with Crippen LogP contribution in [0.1, 0.15) is 44.3 Å². The van der Waals surface area contributed by atoms with Crippen LogP contribution >= 0.6 is 0 Å². The Morgan fingerprint density at radius 1 is 1.21 bits per heavy atom. The van der Waals surface area contributed by atoms with Gasteiger partial charge in [-0.25, -0.2) is 0 Å². The van der Waals surface area contributed by atoms with Crippen molar-refractivity contribution in [2.24, 2.45) is 5.73 Å². The fourth-order valence-electron chi connectivity index (χ4n) is 3.48. The van der Waals surface area contributed by atoms with Gasteiger partial charge in [0, 0.05) is 31.5 Å². The van der Waals surface area contributed by atoms with Gasteiger partial charge >= 0.3 is 0 Å². The molecule has 0 saturated carbocycles. The van der Waals surface area contributed by atoms with E-state index in [2.05, 4.69) is 26.6 Å². The molecule has 0 bridgehead atoms. The summed E-state index contributed by atoms with van der Waals surface area (Å²) in [6, 6.07) is 0.925. The van der Waals surface area contributed by atoms with Gasteiger partial charge in [-0.15, -0.1) is 10.2 Å². The van der Waals surface area contributed by atoms with Crippen molar-refractivity contribution in [3.05, 3.63) is 11.6 Å². The molecule has 0 aromatic carbocycles. The van der Waals surface area contributed by atoms with Crippen LogP contribution in [0.15, 0.2) is 0 Å². The Hall–Kier alpha value is -0.940. The number of likely N-dealkylation sites (N-methyl/N-ethyl adjacent to an activating group) is 1. The maximum Gasteiger partial charge on any atom is 0.134 e. The molecular formula is C14H25N5. The van der Waals surface area contributed by atoms with Gasteiger partial charge in [-0.05, 0) is 32.4 Å². The molecule has 0 amide bonds. The van der Waals surface area contributed by atoms with E-state index in [0.29, 0.717) is 6.04 Å². The van der Waals surface area contributed by atoms with Crippen molar-refractivity contribution < 1.29 is 0 Å². The monoisotopic (exact) mass is 263 g/mol. The minimum absolute atomic E-state index is 0.270. The fourth-order valence-corrected chi connectivity index (χ4v) is 3.48. The lowest BCUT2D eigenvalue weighted by molar-refractivity contribution is 0.152. The predicted molar refractivity (Wildman–Crippen MR) is 74.9 cm³/mol. The molecule has 5 nitrogen and oxygen atoms in total. The Bertz CT molecular complexity index is 427. The summed E-state index contributed by atoms with van der Waals surface area (Å²) in [5.41, 5.74) is 6.00. The zero-order chi connectivity index (χ0) is 13.2. The van der Waals surface area contributed by atoms with Crippen molar-refractivity contribution in [2.75, 3.05) is 13.1 Å². The lowest BCUT2D eigenvalue weighted by atomic mass is 9.99. The van der Waals surface area contributed by atoms with E-state index in [1.807, 2.05) is 0 Å². The number of hydrogen-bond donors (Lipinski definition) is 1. The summed E-state index contributed by atoms with van der Waals surface area (Å²) >= 11 is 0. The number of hydrogen-bond acceptors (Lipinski definition) is 4. The van der Waals surface area contributed by atoms with E-state index in [9.17, 15) is 0 Å². The number of nitrogens with two attached hydrogens (primary N) is 1. The van der Waals surface area contributed by atoms with Crippen LogP contribution in [0.25, 0.3) is 0 Å². The smallest absolute Gasteiger partial charge is 0.134 e.